The van der Waals surface area contributed by atoms with Crippen molar-refractivity contribution < 1.29 is 9.84 Å². The van der Waals surface area contributed by atoms with Crippen LogP contribution in [0.1, 0.15) is 39.5 Å². The summed E-state index contributed by atoms with van der Waals surface area (Å²) in [5.41, 5.74) is 0.184. The van der Waals surface area contributed by atoms with Crippen LogP contribution in [0.15, 0.2) is 0 Å². The number of piperidine rings is 1. The van der Waals surface area contributed by atoms with Gasteiger partial charge in [0.05, 0.1) is 6.61 Å². The maximum atomic E-state index is 9.26. The molecule has 1 unspecified atom stereocenters. The maximum absolute atomic E-state index is 9.26. The largest absolute Gasteiger partial charge is 0.396 e. The fourth-order valence-corrected chi connectivity index (χ4v) is 3.51. The average molecular weight is 284 g/mol. The van der Waals surface area contributed by atoms with Crippen LogP contribution in [0.2, 0.25) is 0 Å². The summed E-state index contributed by atoms with van der Waals surface area (Å²) in [6.07, 6.45) is 4.46. The third-order valence-electron chi connectivity index (χ3n) is 4.80. The van der Waals surface area contributed by atoms with Gasteiger partial charge in [-0.25, -0.2) is 0 Å². The SMILES string of the molecule is CC(C)CN1CCC(NCC2(CCO)CCOC2)CC1. The molecule has 4 nitrogen and oxygen atoms in total. The Hall–Kier alpha value is -0.160. The minimum atomic E-state index is 0.184. The fraction of sp³-hybridized carbons (Fsp3) is 1.00. The molecule has 1 atom stereocenters. The van der Waals surface area contributed by atoms with Gasteiger partial charge in [-0.3, -0.25) is 0 Å². The zero-order valence-electron chi connectivity index (χ0n) is 13.2. The Morgan fingerprint density at radius 2 is 2.10 bits per heavy atom. The summed E-state index contributed by atoms with van der Waals surface area (Å²) in [5.74, 6) is 0.767. The van der Waals surface area contributed by atoms with E-state index >= 15 is 0 Å². The Morgan fingerprint density at radius 3 is 2.65 bits per heavy atom. The van der Waals surface area contributed by atoms with E-state index in [4.69, 9.17) is 4.74 Å². The zero-order valence-corrected chi connectivity index (χ0v) is 13.2. The minimum Gasteiger partial charge on any atom is -0.396 e. The lowest BCUT2D eigenvalue weighted by Gasteiger charge is -2.36. The highest BCUT2D eigenvalue weighted by atomic mass is 16.5. The number of aliphatic hydroxyl groups is 1. The quantitative estimate of drug-likeness (QED) is 0.743. The van der Waals surface area contributed by atoms with Gasteiger partial charge in [0.25, 0.3) is 0 Å². The molecular formula is C16H32N2O2. The van der Waals surface area contributed by atoms with Crippen LogP contribution in [0.4, 0.5) is 0 Å². The molecule has 0 saturated carbocycles. The predicted octanol–water partition coefficient (Wildman–Crippen LogP) is 1.49. The molecule has 2 heterocycles. The lowest BCUT2D eigenvalue weighted by atomic mass is 9.83. The molecule has 2 fully saturated rings. The third-order valence-corrected chi connectivity index (χ3v) is 4.80. The summed E-state index contributed by atoms with van der Waals surface area (Å²) in [7, 11) is 0. The number of likely N-dealkylation sites (tertiary alicyclic amines) is 1. The fourth-order valence-electron chi connectivity index (χ4n) is 3.51. The van der Waals surface area contributed by atoms with Gasteiger partial charge in [0, 0.05) is 37.8 Å². The van der Waals surface area contributed by atoms with E-state index in [0.29, 0.717) is 6.04 Å². The minimum absolute atomic E-state index is 0.184. The number of nitrogens with zero attached hydrogens (tertiary/aromatic N) is 1. The van der Waals surface area contributed by atoms with E-state index < -0.39 is 0 Å². The molecule has 0 amide bonds. The number of hydrogen-bond donors (Lipinski definition) is 2. The van der Waals surface area contributed by atoms with Crippen molar-refractivity contribution in [3.05, 3.63) is 0 Å². The van der Waals surface area contributed by atoms with E-state index in [1.165, 1.54) is 32.5 Å². The van der Waals surface area contributed by atoms with Crippen molar-refractivity contribution in [2.24, 2.45) is 11.3 Å². The van der Waals surface area contributed by atoms with Crippen LogP contribution < -0.4 is 5.32 Å². The Labute approximate surface area is 123 Å². The predicted molar refractivity (Wildman–Crippen MR) is 81.9 cm³/mol. The van der Waals surface area contributed by atoms with Crippen LogP contribution >= 0.6 is 0 Å². The van der Waals surface area contributed by atoms with E-state index in [1.54, 1.807) is 0 Å². The highest BCUT2D eigenvalue weighted by Gasteiger charge is 2.35. The van der Waals surface area contributed by atoms with Crippen molar-refractivity contribution >= 4 is 0 Å². The summed E-state index contributed by atoms with van der Waals surface area (Å²) in [5, 5.41) is 13.0. The molecule has 0 radical (unpaired) electrons. The van der Waals surface area contributed by atoms with Crippen LogP contribution in [0.3, 0.4) is 0 Å². The van der Waals surface area contributed by atoms with Gasteiger partial charge in [0.15, 0.2) is 0 Å². The van der Waals surface area contributed by atoms with Crippen LogP contribution in [0, 0.1) is 11.3 Å². The number of rotatable bonds is 7. The van der Waals surface area contributed by atoms with Crippen molar-refractivity contribution in [1.29, 1.82) is 0 Å². The first kappa shape index (κ1) is 16.2. The lowest BCUT2D eigenvalue weighted by Crippen LogP contribution is -2.47. The molecule has 2 rings (SSSR count). The second-order valence-corrected chi connectivity index (χ2v) is 7.13. The van der Waals surface area contributed by atoms with Crippen molar-refractivity contribution in [3.8, 4) is 0 Å². The van der Waals surface area contributed by atoms with Crippen LogP contribution in [-0.4, -0.2) is 62.0 Å². The first-order valence-electron chi connectivity index (χ1n) is 8.28. The summed E-state index contributed by atoms with van der Waals surface area (Å²) in [6, 6.07) is 0.648. The van der Waals surface area contributed by atoms with Gasteiger partial charge in [0.2, 0.25) is 0 Å². The third kappa shape index (κ3) is 4.69. The molecule has 0 aromatic carbocycles. The Balaban J connectivity index is 1.70. The Bertz CT molecular complexity index is 270. The van der Waals surface area contributed by atoms with Gasteiger partial charge in [-0.2, -0.15) is 0 Å². The van der Waals surface area contributed by atoms with Crippen molar-refractivity contribution in [2.45, 2.75) is 45.6 Å². The molecule has 2 saturated heterocycles. The summed E-state index contributed by atoms with van der Waals surface area (Å²) >= 11 is 0. The van der Waals surface area contributed by atoms with Crippen molar-refractivity contribution in [2.75, 3.05) is 46.0 Å². The molecule has 0 aliphatic carbocycles. The molecule has 2 aliphatic rings. The number of aliphatic hydroxyl groups excluding tert-OH is 1. The number of nitrogens with one attached hydrogen (secondary N) is 1. The van der Waals surface area contributed by atoms with Crippen molar-refractivity contribution in [1.82, 2.24) is 10.2 Å². The second-order valence-electron chi connectivity index (χ2n) is 7.13. The first-order chi connectivity index (χ1) is 9.63. The summed E-state index contributed by atoms with van der Waals surface area (Å²) in [6.45, 7) is 11.2. The highest BCUT2D eigenvalue weighted by Crippen LogP contribution is 2.31. The van der Waals surface area contributed by atoms with Gasteiger partial charge in [-0.1, -0.05) is 13.8 Å². The highest BCUT2D eigenvalue weighted by molar-refractivity contribution is 4.88. The van der Waals surface area contributed by atoms with Crippen molar-refractivity contribution in [3.63, 3.8) is 0 Å². The lowest BCUT2D eigenvalue weighted by molar-refractivity contribution is 0.115. The van der Waals surface area contributed by atoms with E-state index in [-0.39, 0.29) is 12.0 Å². The molecule has 2 N–H and O–H groups in total. The first-order valence-corrected chi connectivity index (χ1v) is 8.28. The maximum Gasteiger partial charge on any atom is 0.0536 e. The van der Waals surface area contributed by atoms with Crippen LogP contribution in [0.25, 0.3) is 0 Å². The standard InChI is InChI=1S/C16H32N2O2/c1-14(2)11-18-7-3-15(4-8-18)17-12-16(5-9-19)6-10-20-13-16/h14-15,17,19H,3-13H2,1-2H3. The van der Waals surface area contributed by atoms with Crippen LogP contribution in [-0.2, 0) is 4.74 Å². The van der Waals surface area contributed by atoms with E-state index in [0.717, 1.165) is 38.5 Å². The molecule has 0 spiro atoms. The number of ether oxygens (including phenoxy) is 1. The molecule has 2 aliphatic heterocycles. The zero-order chi connectivity index (χ0) is 14.4. The second kappa shape index (κ2) is 7.74. The molecule has 0 bridgehead atoms. The summed E-state index contributed by atoms with van der Waals surface area (Å²) in [4.78, 5) is 2.59. The molecule has 0 aromatic heterocycles. The van der Waals surface area contributed by atoms with Crippen LogP contribution in [0.5, 0.6) is 0 Å². The molecule has 20 heavy (non-hydrogen) atoms. The van der Waals surface area contributed by atoms with E-state index in [9.17, 15) is 5.11 Å². The van der Waals surface area contributed by atoms with Gasteiger partial charge >= 0.3 is 0 Å². The Morgan fingerprint density at radius 1 is 1.35 bits per heavy atom. The van der Waals surface area contributed by atoms with E-state index in [1.807, 2.05) is 0 Å². The summed E-state index contributed by atoms with van der Waals surface area (Å²) < 4.78 is 5.55. The monoisotopic (exact) mass is 284 g/mol. The topological polar surface area (TPSA) is 44.7 Å². The smallest absolute Gasteiger partial charge is 0.0536 e. The number of hydrogen-bond acceptors (Lipinski definition) is 4. The normalized spacial score (nSPS) is 29.4. The van der Waals surface area contributed by atoms with Gasteiger partial charge in [0.1, 0.15) is 0 Å². The molecule has 4 heteroatoms. The Kier molecular flexibility index (Phi) is 6.27. The molecular weight excluding hydrogens is 252 g/mol. The van der Waals surface area contributed by atoms with Gasteiger partial charge < -0.3 is 20.1 Å². The van der Waals surface area contributed by atoms with E-state index in [2.05, 4.69) is 24.1 Å². The molecule has 0 aromatic rings. The average Bonchev–Trinajstić information content (AvgIpc) is 2.87. The molecule has 118 valence electrons. The van der Waals surface area contributed by atoms with Gasteiger partial charge in [-0.05, 0) is 44.7 Å². The van der Waals surface area contributed by atoms with Gasteiger partial charge in [-0.15, -0.1) is 0 Å².